The van der Waals surface area contributed by atoms with Crippen LogP contribution in [-0.4, -0.2) is 194 Å². The minimum absolute atomic E-state index is 0. The molecule has 19 rings (SSSR count). The Hall–Kier alpha value is -16.0. The van der Waals surface area contributed by atoms with Crippen LogP contribution in [-0.2, 0) is 49.5 Å². The summed E-state index contributed by atoms with van der Waals surface area (Å²) < 4.78 is 31.3. The van der Waals surface area contributed by atoms with Gasteiger partial charge < -0.3 is 102 Å². The third kappa shape index (κ3) is 32.5. The van der Waals surface area contributed by atoms with E-state index in [1.807, 2.05) is 248 Å². The zero-order valence-corrected chi connectivity index (χ0v) is 84.7. The maximum Gasteiger partial charge on any atom is 1.00 e. The minimum atomic E-state index is -1.12. The zero-order chi connectivity index (χ0) is 103. The summed E-state index contributed by atoms with van der Waals surface area (Å²) in [5.41, 5.74) is 34.2. The number of nitriles is 1. The molecule has 0 saturated carbocycles. The van der Waals surface area contributed by atoms with Crippen molar-refractivity contribution in [2.24, 2.45) is 46.7 Å². The van der Waals surface area contributed by atoms with Gasteiger partial charge in [-0.25, -0.2) is 49.3 Å². The number of nitrogens with two attached hydrogens (primary N) is 4. The molecule has 15 N–H and O–H groups in total. The molecule has 2 fully saturated rings. The number of carbonyl (C=O) groups is 6. The number of nitrogens with zero attached hydrogens (tertiary/aromatic N) is 18. The monoisotopic (exact) mass is 2080 g/mol. The van der Waals surface area contributed by atoms with Crippen molar-refractivity contribution in [3.8, 4) is 17.6 Å². The van der Waals surface area contributed by atoms with Crippen molar-refractivity contribution in [2.45, 2.75) is 68.2 Å². The molecular formula is C104H116Cl4LiN27O12. The number of rotatable bonds is 25. The van der Waals surface area contributed by atoms with E-state index in [4.69, 9.17) is 93.5 Å². The normalized spacial score (nSPS) is 11.5. The average Bonchev–Trinajstić information content (AvgIpc) is 1.66. The molecule has 2 amide bonds. The van der Waals surface area contributed by atoms with Gasteiger partial charge >= 0.3 is 36.8 Å². The van der Waals surface area contributed by atoms with Crippen molar-refractivity contribution < 1.29 is 77.2 Å². The second kappa shape index (κ2) is 57.0. The summed E-state index contributed by atoms with van der Waals surface area (Å²) in [5, 5.41) is 37.8. The molecule has 12 heterocycles. The fourth-order valence-corrected chi connectivity index (χ4v) is 15.6. The van der Waals surface area contributed by atoms with Gasteiger partial charge in [0, 0.05) is 212 Å². The quantitative estimate of drug-likeness (QED) is 0.00634. The van der Waals surface area contributed by atoms with Crippen molar-refractivity contribution in [3.63, 3.8) is 0 Å². The number of esters is 2. The van der Waals surface area contributed by atoms with E-state index >= 15 is 0 Å². The van der Waals surface area contributed by atoms with Crippen LogP contribution >= 0.6 is 46.4 Å². The average molecular weight is 2090 g/mol. The first kappa shape index (κ1) is 117. The number of benzene rings is 7. The van der Waals surface area contributed by atoms with Gasteiger partial charge in [-0.1, -0.05) is 56.8 Å². The minimum Gasteiger partial charge on any atom is -0.870 e. The number of fused-ring (bicyclic) bond motifs is 5. The number of anilines is 12. The number of ether oxygens (including phenoxy) is 4. The molecule has 2 aliphatic rings. The van der Waals surface area contributed by atoms with Crippen molar-refractivity contribution >= 4 is 205 Å². The second-order valence-electron chi connectivity index (χ2n) is 32.3. The van der Waals surface area contributed by atoms with E-state index in [0.29, 0.717) is 35.8 Å². The van der Waals surface area contributed by atoms with E-state index in [2.05, 4.69) is 96.9 Å². The summed E-state index contributed by atoms with van der Waals surface area (Å²) in [6, 6.07) is 55.9. The van der Waals surface area contributed by atoms with Gasteiger partial charge in [0.25, 0.3) is 11.8 Å². The van der Waals surface area contributed by atoms with Gasteiger partial charge in [0.2, 0.25) is 27.6 Å². The van der Waals surface area contributed by atoms with Crippen molar-refractivity contribution in [1.29, 1.82) is 5.26 Å². The first-order valence-corrected chi connectivity index (χ1v) is 46.8. The van der Waals surface area contributed by atoms with Gasteiger partial charge in [0.05, 0.1) is 13.2 Å². The number of aryl methyl sites for hydroxylation is 6. The van der Waals surface area contributed by atoms with Crippen molar-refractivity contribution in [1.82, 2.24) is 82.5 Å². The van der Waals surface area contributed by atoms with E-state index in [-0.39, 0.29) is 107 Å². The Kier molecular flexibility index (Phi) is 45.2. The molecule has 17 aromatic rings. The van der Waals surface area contributed by atoms with Crippen LogP contribution in [0.25, 0.3) is 54.5 Å². The maximum atomic E-state index is 12.0. The molecule has 0 spiro atoms. The zero-order valence-electron chi connectivity index (χ0n) is 81.7. The molecule has 2 aliphatic heterocycles. The summed E-state index contributed by atoms with van der Waals surface area (Å²) >= 11 is 22.7. The third-order valence-corrected chi connectivity index (χ3v) is 23.1. The Balaban J connectivity index is 0.000000213. The number of amides is 2. The number of aromatic carboxylic acids is 1. The van der Waals surface area contributed by atoms with Crippen LogP contribution in [0, 0.1) is 18.3 Å². The molecule has 0 bridgehead atoms. The smallest absolute Gasteiger partial charge is 0.870 e. The van der Waals surface area contributed by atoms with Gasteiger partial charge in [0.15, 0.2) is 0 Å². The Morgan fingerprint density at radius 3 is 1.14 bits per heavy atom. The van der Waals surface area contributed by atoms with E-state index in [1.54, 1.807) is 20.8 Å². The molecule has 44 heteroatoms. The number of ketones is 1. The summed E-state index contributed by atoms with van der Waals surface area (Å²) in [7, 11) is 9.89. The molecular weight excluding hydrogens is 1970 g/mol. The summed E-state index contributed by atoms with van der Waals surface area (Å²) in [6.07, 6.45) is 21.8. The summed E-state index contributed by atoms with van der Waals surface area (Å²) in [5.74, 6) is 0.130. The largest absolute Gasteiger partial charge is 1.00 e. The van der Waals surface area contributed by atoms with Crippen LogP contribution in [0.15, 0.2) is 232 Å². The molecule has 39 nitrogen and oxygen atoms in total. The number of halogens is 4. The number of likely N-dealkylation sites (tertiary alicyclic amines) is 2. The van der Waals surface area contributed by atoms with Gasteiger partial charge in [-0.3, -0.25) is 24.2 Å². The van der Waals surface area contributed by atoms with Crippen LogP contribution in [0.2, 0.25) is 21.0 Å². The van der Waals surface area contributed by atoms with Crippen LogP contribution in [0.3, 0.4) is 0 Å². The SMILES string of the molecule is C.C.CC(=O)C#N.CCOC(=O)c1cnc(Cl)nc1Cl.CCOC(=O)c1cnc(Cl)nc1Nc1cccc2c1ccn2C.Cc1ncc(C(N)=O)c(Nc2cccc3c2ccn3C)n1.Cn1ccc2c(N)cccc21.Cn1ccc2c(Nc3nc(Cl)ncc3C(=O)O)cccc21.Cn1ccc2c(Nc3nc(Nc4ccc(OCCN5CCCC5)cc4)ncc3C(N)=O)cccc21.Nc1ccc(OCCN2CCCC2)cc1.[Li+].[OH-]. The number of carbonyl (C=O) groups excluding carboxylic acids is 5. The number of Topliss-reactive ketones (excluding diaryl/α,β-unsaturated/α-hetero) is 1. The first-order valence-electron chi connectivity index (χ1n) is 45.3. The molecule has 10 aromatic heterocycles. The third-order valence-electron chi connectivity index (χ3n) is 22.3. The Bertz CT molecular complexity index is 7280. The fourth-order valence-electron chi connectivity index (χ4n) is 15.0. The van der Waals surface area contributed by atoms with Gasteiger partial charge in [0.1, 0.15) is 92.8 Å². The van der Waals surface area contributed by atoms with Crippen molar-refractivity contribution in [2.75, 3.05) is 104 Å². The topological polar surface area (TPSA) is 538 Å². The number of nitrogen functional groups attached to an aromatic ring is 2. The van der Waals surface area contributed by atoms with Crippen LogP contribution in [0.1, 0.15) is 119 Å². The van der Waals surface area contributed by atoms with E-state index in [9.17, 15) is 33.9 Å². The van der Waals surface area contributed by atoms with Crippen LogP contribution < -0.4 is 77.9 Å². The molecule has 768 valence electrons. The second-order valence-corrected chi connectivity index (χ2v) is 33.7. The summed E-state index contributed by atoms with van der Waals surface area (Å²) in [6.45, 7) is 15.2. The van der Waals surface area contributed by atoms with E-state index in [1.165, 1.54) is 88.3 Å². The Morgan fingerprint density at radius 2 is 0.757 bits per heavy atom. The molecule has 7 aromatic carbocycles. The molecule has 2 saturated heterocycles. The number of hydrogen-bond donors (Lipinski definition) is 10. The number of aromatic nitrogens is 15. The predicted octanol–water partition coefficient (Wildman–Crippen LogP) is 16.4. The first-order chi connectivity index (χ1) is 69.3. The van der Waals surface area contributed by atoms with Gasteiger partial charge in [-0.2, -0.15) is 20.2 Å². The molecule has 0 aliphatic carbocycles. The predicted molar refractivity (Wildman–Crippen MR) is 578 cm³/mol. The van der Waals surface area contributed by atoms with Crippen LogP contribution in [0.4, 0.5) is 69.0 Å². The summed E-state index contributed by atoms with van der Waals surface area (Å²) in [4.78, 5) is 112. The maximum absolute atomic E-state index is 12.0. The molecule has 0 radical (unpaired) electrons. The van der Waals surface area contributed by atoms with Crippen molar-refractivity contribution in [3.05, 3.63) is 286 Å². The molecule has 0 atom stereocenters. The van der Waals surface area contributed by atoms with E-state index in [0.717, 1.165) is 133 Å². The Labute approximate surface area is 887 Å². The van der Waals surface area contributed by atoms with Gasteiger partial charge in [-0.15, -0.1) is 0 Å². The number of carboxylic acid groups (broad SMARTS) is 1. The fraction of sp³-hybridized carbons (Fsp3) is 0.240. The standard InChI is InChI=1S/C26H29N7O2.C16H15ClN4O2.C15H15N5O.C14H11ClN4O2.C12H18N2O.C9H10N2.C7H6Cl2N2O2.C3H3NO.2CH4.Li.H2O/c1-32-14-11-20-22(5-4-6-23(20)32)30-25-21(24(27)34)17-28-26(31-25)29-18-7-9-19(10-8-18)35-16-15-33-12-2-3-13-33;1-3-23-15(22)11-9-18-16(17)20-14(11)19-12-5-4-6-13-10(12)7-8-21(13)2;1-9-17-8-11(14(16)21)15(18-9)19-12-4-3-5-13-10(12)6-7-20(13)2;1-19-6-5-8-10(3-2-4-11(8)19)17-12-9(13(20)21)7-16-14(15)18-12;13-11-3-5-12(6-4-11)15-10-9-14-7-1-2-8-14;1-11-6-5-7-8(10)3-2-4-9(7)11;1-2-13-6(12)4-3-10-7(9)11-5(4)8;1-3(5)2-4;;;;/h4-11,14,17H,2-3,12-13,15-16H2,1H3,(H2,27,34)(H2,28,29,30,31);4-9H,3H2,1-2H3,(H,18,19,20);3-8H,1-2H3,(H2,16,21)(H,17,18,19);2-7H,1H3,(H,20,21)(H,16,17,18);3-6H,1-2,7-10,13H2;2-6H,10H2,1H3;3H,2H2,1H3;1H3;2*1H4;;1H2/q;;;;;;;;;;+1;/p-1. The molecule has 0 unspecified atom stereocenters. The Morgan fingerprint density at radius 1 is 0.426 bits per heavy atom. The van der Waals surface area contributed by atoms with Gasteiger partial charge in [-0.05, 0) is 247 Å². The number of nitrogens with one attached hydrogen (secondary N) is 5. The number of hydrogen-bond acceptors (Lipinski definition) is 31. The molecule has 148 heavy (non-hydrogen) atoms. The number of carboxylic acids is 1. The van der Waals surface area contributed by atoms with E-state index < -0.39 is 35.5 Å². The number of primary amides is 2. The van der Waals surface area contributed by atoms with Crippen LogP contribution in [0.5, 0.6) is 11.5 Å².